The van der Waals surface area contributed by atoms with Gasteiger partial charge in [0, 0.05) is 6.07 Å². The molecule has 2 aromatic rings. The lowest BCUT2D eigenvalue weighted by Gasteiger charge is -2.20. The van der Waals surface area contributed by atoms with Gasteiger partial charge in [0.05, 0.1) is 0 Å². The van der Waals surface area contributed by atoms with E-state index < -0.39 is 0 Å². The summed E-state index contributed by atoms with van der Waals surface area (Å²) < 4.78 is 19.6. The van der Waals surface area contributed by atoms with Crippen LogP contribution in [0, 0.1) is 5.82 Å². The van der Waals surface area contributed by atoms with E-state index in [-0.39, 0.29) is 11.2 Å². The lowest BCUT2D eigenvalue weighted by molar-refractivity contribution is 0.468. The van der Waals surface area contributed by atoms with Gasteiger partial charge in [0.25, 0.3) is 0 Å². The summed E-state index contributed by atoms with van der Waals surface area (Å²) in [5.74, 6) is 1.00. The van der Waals surface area contributed by atoms with Crippen molar-refractivity contribution in [2.45, 2.75) is 26.2 Å². The lowest BCUT2D eigenvalue weighted by Crippen LogP contribution is -2.13. The molecule has 94 valence electrons. The molecule has 2 rings (SSSR count). The van der Waals surface area contributed by atoms with Crippen LogP contribution in [0.1, 0.15) is 26.3 Å². The highest BCUT2D eigenvalue weighted by molar-refractivity contribution is 5.36. The molecule has 0 heterocycles. The predicted octanol–water partition coefficient (Wildman–Crippen LogP) is 4.92. The molecule has 0 amide bonds. The third kappa shape index (κ3) is 2.89. The van der Waals surface area contributed by atoms with Crippen LogP contribution >= 0.6 is 0 Å². The fourth-order valence-electron chi connectivity index (χ4n) is 1.79. The van der Waals surface area contributed by atoms with Gasteiger partial charge >= 0.3 is 0 Å². The number of hydrogen-bond donors (Lipinski definition) is 0. The molecule has 0 aliphatic carbocycles. The first kappa shape index (κ1) is 12.6. The molecule has 18 heavy (non-hydrogen) atoms. The second-order valence-corrected chi connectivity index (χ2v) is 5.31. The zero-order valence-corrected chi connectivity index (χ0v) is 10.9. The summed E-state index contributed by atoms with van der Waals surface area (Å²) in [5.41, 5.74) is 0.498. The maximum Gasteiger partial charge on any atom is 0.130 e. The van der Waals surface area contributed by atoms with Gasteiger partial charge in [-0.1, -0.05) is 45.0 Å². The maximum atomic E-state index is 14.0. The monoisotopic (exact) mass is 244 g/mol. The van der Waals surface area contributed by atoms with Crippen LogP contribution in [0.3, 0.4) is 0 Å². The van der Waals surface area contributed by atoms with E-state index in [0.29, 0.717) is 17.1 Å². The van der Waals surface area contributed by atoms with Crippen molar-refractivity contribution >= 4 is 0 Å². The summed E-state index contributed by atoms with van der Waals surface area (Å²) in [6.45, 7) is 5.97. The van der Waals surface area contributed by atoms with Crippen LogP contribution in [0.25, 0.3) is 0 Å². The van der Waals surface area contributed by atoms with Crippen molar-refractivity contribution in [2.75, 3.05) is 0 Å². The quantitative estimate of drug-likeness (QED) is 0.729. The van der Waals surface area contributed by atoms with Crippen molar-refractivity contribution in [3.63, 3.8) is 0 Å². The average Bonchev–Trinajstić information content (AvgIpc) is 2.28. The van der Waals surface area contributed by atoms with Crippen LogP contribution in [0.4, 0.5) is 4.39 Å². The first-order valence-corrected chi connectivity index (χ1v) is 6.00. The van der Waals surface area contributed by atoms with Crippen molar-refractivity contribution in [2.24, 2.45) is 0 Å². The van der Waals surface area contributed by atoms with Gasteiger partial charge < -0.3 is 4.74 Å². The lowest BCUT2D eigenvalue weighted by atomic mass is 9.87. The Kier molecular flexibility index (Phi) is 3.37. The molecule has 0 N–H and O–H groups in total. The SMILES string of the molecule is CC(C)(C)c1ccc(Oc2ccccc2)cc1F. The van der Waals surface area contributed by atoms with E-state index in [1.807, 2.05) is 51.1 Å². The van der Waals surface area contributed by atoms with E-state index >= 15 is 0 Å². The van der Waals surface area contributed by atoms with E-state index in [2.05, 4.69) is 0 Å². The maximum absolute atomic E-state index is 14.0. The largest absolute Gasteiger partial charge is 0.457 e. The van der Waals surface area contributed by atoms with Gasteiger partial charge in [0.1, 0.15) is 17.3 Å². The molecule has 0 saturated heterocycles. The molecule has 0 aromatic heterocycles. The Morgan fingerprint density at radius 3 is 2.11 bits per heavy atom. The summed E-state index contributed by atoms with van der Waals surface area (Å²) in [6.07, 6.45) is 0. The number of rotatable bonds is 2. The van der Waals surface area contributed by atoms with E-state index in [0.717, 1.165) is 0 Å². The topological polar surface area (TPSA) is 9.23 Å². The Balaban J connectivity index is 2.25. The van der Waals surface area contributed by atoms with Crippen molar-refractivity contribution in [3.05, 3.63) is 59.9 Å². The first-order valence-electron chi connectivity index (χ1n) is 6.00. The zero-order valence-electron chi connectivity index (χ0n) is 10.9. The van der Waals surface area contributed by atoms with Crippen LogP contribution in [0.2, 0.25) is 0 Å². The Labute approximate surface area is 107 Å². The van der Waals surface area contributed by atoms with Gasteiger partial charge in [0.15, 0.2) is 0 Å². The van der Waals surface area contributed by atoms with Crippen molar-refractivity contribution in [3.8, 4) is 11.5 Å². The summed E-state index contributed by atoms with van der Waals surface area (Å²) >= 11 is 0. The highest BCUT2D eigenvalue weighted by Crippen LogP contribution is 2.29. The number of hydrogen-bond acceptors (Lipinski definition) is 1. The van der Waals surface area contributed by atoms with Crippen LogP contribution in [0.15, 0.2) is 48.5 Å². The minimum absolute atomic E-state index is 0.199. The molecule has 0 bridgehead atoms. The van der Waals surface area contributed by atoms with Gasteiger partial charge in [-0.15, -0.1) is 0 Å². The molecule has 1 nitrogen and oxygen atoms in total. The number of halogens is 1. The second kappa shape index (κ2) is 4.81. The van der Waals surface area contributed by atoms with Gasteiger partial charge in [-0.3, -0.25) is 0 Å². The third-order valence-corrected chi connectivity index (χ3v) is 2.73. The molecule has 0 unspecified atom stereocenters. The van der Waals surface area contributed by atoms with Gasteiger partial charge in [-0.2, -0.15) is 0 Å². The molecule has 0 fully saturated rings. The van der Waals surface area contributed by atoms with Crippen LogP contribution in [-0.2, 0) is 5.41 Å². The van der Waals surface area contributed by atoms with E-state index in [1.54, 1.807) is 12.1 Å². The molecule has 0 saturated carbocycles. The molecule has 0 aliphatic heterocycles. The fraction of sp³-hybridized carbons (Fsp3) is 0.250. The Hall–Kier alpha value is -1.83. The fourth-order valence-corrected chi connectivity index (χ4v) is 1.79. The first-order chi connectivity index (χ1) is 8.47. The Morgan fingerprint density at radius 1 is 0.889 bits per heavy atom. The number of para-hydroxylation sites is 1. The van der Waals surface area contributed by atoms with Gasteiger partial charge in [-0.25, -0.2) is 4.39 Å². The van der Waals surface area contributed by atoms with Gasteiger partial charge in [0.2, 0.25) is 0 Å². The van der Waals surface area contributed by atoms with Crippen molar-refractivity contribution < 1.29 is 9.13 Å². The average molecular weight is 244 g/mol. The van der Waals surface area contributed by atoms with Crippen molar-refractivity contribution in [1.82, 2.24) is 0 Å². The molecule has 0 aliphatic rings. The minimum Gasteiger partial charge on any atom is -0.457 e. The number of benzene rings is 2. The van der Waals surface area contributed by atoms with Crippen LogP contribution < -0.4 is 4.74 Å². The highest BCUT2D eigenvalue weighted by atomic mass is 19.1. The van der Waals surface area contributed by atoms with Crippen LogP contribution in [0.5, 0.6) is 11.5 Å². The third-order valence-electron chi connectivity index (χ3n) is 2.73. The molecular formula is C16H17FO. The summed E-state index contributed by atoms with van der Waals surface area (Å²) in [5, 5.41) is 0. The highest BCUT2D eigenvalue weighted by Gasteiger charge is 2.18. The molecule has 0 spiro atoms. The minimum atomic E-state index is -0.226. The predicted molar refractivity (Wildman–Crippen MR) is 71.6 cm³/mol. The molecule has 2 heteroatoms. The smallest absolute Gasteiger partial charge is 0.130 e. The normalized spacial score (nSPS) is 11.3. The standard InChI is InChI=1S/C16H17FO/c1-16(2,3)14-10-9-13(11-15(14)17)18-12-7-5-4-6-8-12/h4-11H,1-3H3. The summed E-state index contributed by atoms with van der Waals surface area (Å²) in [4.78, 5) is 0. The molecular weight excluding hydrogens is 227 g/mol. The Bertz CT molecular complexity index is 527. The summed E-state index contributed by atoms with van der Waals surface area (Å²) in [7, 11) is 0. The van der Waals surface area contributed by atoms with E-state index in [1.165, 1.54) is 6.07 Å². The number of ether oxygens (including phenoxy) is 1. The van der Waals surface area contributed by atoms with Crippen molar-refractivity contribution in [1.29, 1.82) is 0 Å². The Morgan fingerprint density at radius 2 is 1.56 bits per heavy atom. The molecule has 2 aromatic carbocycles. The zero-order chi connectivity index (χ0) is 13.2. The summed E-state index contributed by atoms with van der Waals surface area (Å²) in [6, 6.07) is 14.4. The van der Waals surface area contributed by atoms with Gasteiger partial charge in [-0.05, 0) is 29.2 Å². The molecule has 0 radical (unpaired) electrons. The van der Waals surface area contributed by atoms with E-state index in [4.69, 9.17) is 4.74 Å². The molecule has 0 atom stereocenters. The van der Waals surface area contributed by atoms with Crippen LogP contribution in [-0.4, -0.2) is 0 Å². The second-order valence-electron chi connectivity index (χ2n) is 5.31. The van der Waals surface area contributed by atoms with E-state index in [9.17, 15) is 4.39 Å².